The second-order valence-corrected chi connectivity index (χ2v) is 9.83. The van der Waals surface area contributed by atoms with E-state index in [9.17, 15) is 21.0 Å². The van der Waals surface area contributed by atoms with Crippen molar-refractivity contribution in [1.29, 1.82) is 21.0 Å². The van der Waals surface area contributed by atoms with Crippen molar-refractivity contribution in [2.75, 3.05) is 0 Å². The van der Waals surface area contributed by atoms with Crippen LogP contribution in [0.25, 0.3) is 66.2 Å². The molecule has 8 heteroatoms. The average molecular weight is 550 g/mol. The van der Waals surface area contributed by atoms with Gasteiger partial charge in [-0.2, -0.15) is 21.0 Å². The molecule has 0 aliphatic rings. The molecule has 0 amide bonds. The largest absolute Gasteiger partial charge is 0.247 e. The van der Waals surface area contributed by atoms with Crippen molar-refractivity contribution in [3.63, 3.8) is 0 Å². The lowest BCUT2D eigenvalue weighted by atomic mass is 9.91. The summed E-state index contributed by atoms with van der Waals surface area (Å²) < 4.78 is 5.25. The van der Waals surface area contributed by atoms with Gasteiger partial charge in [-0.3, -0.25) is 0 Å². The molecule has 7 rings (SSSR count). The standard InChI is InChI=1S/C35H15N7O/c36-16-20-5-7-22(8-6-20)28-15-29-32(35-34(28)41-43-42-35)27-3-1-2-4-30(27)40-33(29)24-11-9-23(10-12-24)31-25(18-38)13-21(17-37)14-26(31)19-39/h1-15H. The van der Waals surface area contributed by atoms with E-state index in [4.69, 9.17) is 9.61 Å². The van der Waals surface area contributed by atoms with Crippen molar-refractivity contribution in [2.45, 2.75) is 0 Å². The maximum atomic E-state index is 9.78. The molecule has 0 spiro atoms. The molecule has 2 heterocycles. The lowest BCUT2D eigenvalue weighted by molar-refractivity contribution is 0.316. The molecule has 43 heavy (non-hydrogen) atoms. The third kappa shape index (κ3) is 4.00. The monoisotopic (exact) mass is 549 g/mol. The maximum absolute atomic E-state index is 9.78. The zero-order valence-electron chi connectivity index (χ0n) is 22.2. The number of hydrogen-bond acceptors (Lipinski definition) is 8. The normalized spacial score (nSPS) is 10.7. The first-order valence-electron chi connectivity index (χ1n) is 13.1. The van der Waals surface area contributed by atoms with Crippen LogP contribution < -0.4 is 0 Å². The van der Waals surface area contributed by atoms with E-state index in [2.05, 4.69) is 28.5 Å². The Morgan fingerprint density at radius 2 is 1.19 bits per heavy atom. The first-order valence-corrected chi connectivity index (χ1v) is 13.1. The molecule has 5 aromatic carbocycles. The van der Waals surface area contributed by atoms with E-state index >= 15 is 0 Å². The highest BCUT2D eigenvalue weighted by Gasteiger charge is 2.20. The van der Waals surface area contributed by atoms with Crippen LogP contribution in [0.2, 0.25) is 0 Å². The lowest BCUT2D eigenvalue weighted by Gasteiger charge is -2.13. The summed E-state index contributed by atoms with van der Waals surface area (Å²) in [5.74, 6) is 0. The van der Waals surface area contributed by atoms with E-state index in [1.54, 1.807) is 12.1 Å². The number of para-hydroxylation sites is 1. The van der Waals surface area contributed by atoms with Crippen molar-refractivity contribution in [1.82, 2.24) is 15.3 Å². The van der Waals surface area contributed by atoms with Gasteiger partial charge in [-0.1, -0.05) is 54.6 Å². The summed E-state index contributed by atoms with van der Waals surface area (Å²) in [6, 6.07) is 36.0. The Balaban J connectivity index is 1.48. The molecule has 2 aromatic heterocycles. The smallest absolute Gasteiger partial charge is 0.144 e. The molecule has 0 atom stereocenters. The molecule has 0 saturated heterocycles. The van der Waals surface area contributed by atoms with Crippen molar-refractivity contribution in [3.8, 4) is 57.8 Å². The Hall–Kier alpha value is -6.87. The van der Waals surface area contributed by atoms with Crippen LogP contribution >= 0.6 is 0 Å². The van der Waals surface area contributed by atoms with Crippen LogP contribution in [0.3, 0.4) is 0 Å². The molecule has 0 aliphatic heterocycles. The molecule has 0 unspecified atom stereocenters. The number of aromatic nitrogens is 3. The number of benzene rings is 5. The maximum Gasteiger partial charge on any atom is 0.144 e. The number of nitriles is 4. The molecule has 7 aromatic rings. The van der Waals surface area contributed by atoms with Gasteiger partial charge in [0.15, 0.2) is 0 Å². The van der Waals surface area contributed by atoms with Gasteiger partial charge in [0, 0.05) is 32.8 Å². The van der Waals surface area contributed by atoms with Crippen molar-refractivity contribution in [3.05, 3.63) is 113 Å². The van der Waals surface area contributed by atoms with E-state index in [-0.39, 0.29) is 16.7 Å². The Labute approximate surface area is 244 Å². The summed E-state index contributed by atoms with van der Waals surface area (Å²) in [5.41, 5.74) is 7.60. The van der Waals surface area contributed by atoms with E-state index in [1.807, 2.05) is 72.8 Å². The van der Waals surface area contributed by atoms with Crippen LogP contribution in [0.4, 0.5) is 0 Å². The van der Waals surface area contributed by atoms with Gasteiger partial charge >= 0.3 is 0 Å². The van der Waals surface area contributed by atoms with Crippen molar-refractivity contribution in [2.24, 2.45) is 0 Å². The third-order valence-electron chi connectivity index (χ3n) is 7.48. The molecular formula is C35H15N7O. The molecule has 196 valence electrons. The highest BCUT2D eigenvalue weighted by atomic mass is 16.6. The average Bonchev–Trinajstić information content (AvgIpc) is 3.57. The van der Waals surface area contributed by atoms with E-state index in [0.29, 0.717) is 33.4 Å². The zero-order valence-corrected chi connectivity index (χ0v) is 22.2. The van der Waals surface area contributed by atoms with Crippen LogP contribution in [0.5, 0.6) is 0 Å². The molecule has 0 radical (unpaired) electrons. The fraction of sp³-hybridized carbons (Fsp3) is 0. The van der Waals surface area contributed by atoms with Gasteiger partial charge < -0.3 is 0 Å². The van der Waals surface area contributed by atoms with E-state index in [1.165, 1.54) is 12.1 Å². The van der Waals surface area contributed by atoms with Gasteiger partial charge in [-0.25, -0.2) is 9.61 Å². The van der Waals surface area contributed by atoms with Gasteiger partial charge in [0.25, 0.3) is 0 Å². The van der Waals surface area contributed by atoms with Gasteiger partial charge in [-0.05, 0) is 57.8 Å². The first kappa shape index (κ1) is 25.1. The number of fused-ring (bicyclic) bond motifs is 5. The van der Waals surface area contributed by atoms with Crippen molar-refractivity contribution < 1.29 is 4.63 Å². The summed E-state index contributed by atoms with van der Waals surface area (Å²) in [6.45, 7) is 0. The van der Waals surface area contributed by atoms with Gasteiger partial charge in [0.1, 0.15) is 11.0 Å². The predicted octanol–water partition coefficient (Wildman–Crippen LogP) is 7.41. The summed E-state index contributed by atoms with van der Waals surface area (Å²) >= 11 is 0. The van der Waals surface area contributed by atoms with Crippen LogP contribution in [0.1, 0.15) is 22.3 Å². The SMILES string of the molecule is N#Cc1ccc(-c2cc3c(-c4ccc(-c5c(C#N)cc(C#N)cc5C#N)cc4)nc4ccccc4c3c3nonc23)cc1. The number of nitrogens with zero attached hydrogens (tertiary/aromatic N) is 7. The Kier molecular flexibility index (Phi) is 5.81. The third-order valence-corrected chi connectivity index (χ3v) is 7.48. The topological polar surface area (TPSA) is 147 Å². The van der Waals surface area contributed by atoms with Gasteiger partial charge in [-0.15, -0.1) is 0 Å². The molecular weight excluding hydrogens is 534 g/mol. The molecule has 0 N–H and O–H groups in total. The van der Waals surface area contributed by atoms with Gasteiger partial charge in [0.2, 0.25) is 0 Å². The van der Waals surface area contributed by atoms with Crippen molar-refractivity contribution >= 4 is 32.7 Å². The molecule has 0 saturated carbocycles. The molecule has 0 fully saturated rings. The highest BCUT2D eigenvalue weighted by Crippen LogP contribution is 2.41. The Morgan fingerprint density at radius 3 is 1.86 bits per heavy atom. The second kappa shape index (κ2) is 9.95. The lowest BCUT2D eigenvalue weighted by Crippen LogP contribution is -1.94. The van der Waals surface area contributed by atoms with Crippen LogP contribution in [0.15, 0.2) is 95.6 Å². The zero-order chi connectivity index (χ0) is 29.5. The number of rotatable bonds is 3. The summed E-state index contributed by atoms with van der Waals surface area (Å²) in [7, 11) is 0. The molecule has 0 aliphatic carbocycles. The van der Waals surface area contributed by atoms with E-state index < -0.39 is 0 Å². The first-order chi connectivity index (χ1) is 21.1. The fourth-order valence-corrected chi connectivity index (χ4v) is 5.52. The number of pyridine rings is 1. The minimum Gasteiger partial charge on any atom is -0.247 e. The predicted molar refractivity (Wildman–Crippen MR) is 160 cm³/mol. The number of hydrogen-bond donors (Lipinski definition) is 0. The minimum absolute atomic E-state index is 0.255. The quantitative estimate of drug-likeness (QED) is 0.207. The van der Waals surface area contributed by atoms with Crippen LogP contribution in [-0.2, 0) is 0 Å². The van der Waals surface area contributed by atoms with E-state index in [0.717, 1.165) is 38.4 Å². The highest BCUT2D eigenvalue weighted by molar-refractivity contribution is 6.23. The Bertz CT molecular complexity index is 2400. The van der Waals surface area contributed by atoms with Gasteiger partial charge in [0.05, 0.1) is 57.7 Å². The molecule has 8 nitrogen and oxygen atoms in total. The second-order valence-electron chi connectivity index (χ2n) is 9.83. The van der Waals surface area contributed by atoms with Crippen LogP contribution in [0, 0.1) is 45.3 Å². The summed E-state index contributed by atoms with van der Waals surface area (Å²) in [6.07, 6.45) is 0. The summed E-state index contributed by atoms with van der Waals surface area (Å²) in [5, 5.41) is 49.3. The minimum atomic E-state index is 0.255. The van der Waals surface area contributed by atoms with Crippen LogP contribution in [-0.4, -0.2) is 15.3 Å². The Morgan fingerprint density at radius 1 is 0.558 bits per heavy atom. The molecule has 0 bridgehead atoms. The summed E-state index contributed by atoms with van der Waals surface area (Å²) in [4.78, 5) is 5.06. The fourth-order valence-electron chi connectivity index (χ4n) is 5.52.